The largest absolute Gasteiger partial charge is 0.464 e. The monoisotopic (exact) mass is 500 g/mol. The van der Waals surface area contributed by atoms with E-state index in [0.29, 0.717) is 48.0 Å². The second-order valence-corrected chi connectivity index (χ2v) is 13.0. The van der Waals surface area contributed by atoms with E-state index in [4.69, 9.17) is 15.5 Å². The van der Waals surface area contributed by atoms with Crippen molar-refractivity contribution < 1.29 is 9.30 Å². The summed E-state index contributed by atoms with van der Waals surface area (Å²) in [5.74, 6) is 1.32. The second kappa shape index (κ2) is 11.6. The molecule has 3 aliphatic rings. The van der Waals surface area contributed by atoms with Gasteiger partial charge in [0.05, 0.1) is 5.71 Å². The number of nitroso groups, excluding NO2 is 1. The first-order chi connectivity index (χ1) is 16.6. The van der Waals surface area contributed by atoms with Crippen molar-refractivity contribution in [3.63, 3.8) is 0 Å². The average molecular weight is 501 g/mol. The van der Waals surface area contributed by atoms with Gasteiger partial charge in [-0.3, -0.25) is 9.56 Å². The molecule has 0 spiro atoms. The lowest BCUT2D eigenvalue weighted by Crippen LogP contribution is -2.42. The van der Waals surface area contributed by atoms with Gasteiger partial charge in [0.1, 0.15) is 11.3 Å². The maximum absolute atomic E-state index is 12.7. The number of hydrogen-bond donors (Lipinski definition) is 1. The number of ether oxygens (including phenoxy) is 1. The Bertz CT molecular complexity index is 1040. The van der Waals surface area contributed by atoms with Crippen molar-refractivity contribution in [3.8, 4) is 0 Å². The van der Waals surface area contributed by atoms with Crippen LogP contribution in [0.3, 0.4) is 0 Å². The lowest BCUT2D eigenvalue weighted by Gasteiger charge is -2.34. The molecule has 0 aromatic heterocycles. The van der Waals surface area contributed by atoms with Crippen molar-refractivity contribution in [3.05, 3.63) is 51.8 Å². The fraction of sp³-hybridized carbons (Fsp3) is 0.630. The summed E-state index contributed by atoms with van der Waals surface area (Å²) < 4.78 is 18.9. The quantitative estimate of drug-likeness (QED) is 0.288. The molecule has 1 fully saturated rings. The molecule has 0 saturated heterocycles. The van der Waals surface area contributed by atoms with E-state index in [9.17, 15) is 9.47 Å². The van der Waals surface area contributed by atoms with Crippen molar-refractivity contribution in [1.29, 1.82) is 0 Å². The van der Waals surface area contributed by atoms with Crippen LogP contribution in [0.15, 0.2) is 61.8 Å². The lowest BCUT2D eigenvalue weighted by atomic mass is 9.79. The van der Waals surface area contributed by atoms with Crippen molar-refractivity contribution >= 4 is 18.9 Å². The van der Waals surface area contributed by atoms with Gasteiger partial charge in [0.2, 0.25) is 13.2 Å². The zero-order valence-corrected chi connectivity index (χ0v) is 22.8. The van der Waals surface area contributed by atoms with Crippen LogP contribution in [0.25, 0.3) is 0 Å². The number of rotatable bonds is 8. The number of hydrogen-bond acceptors (Lipinski definition) is 6. The highest BCUT2D eigenvalue weighted by atomic mass is 31.2. The van der Waals surface area contributed by atoms with Gasteiger partial charge in [-0.25, -0.2) is 4.99 Å². The maximum atomic E-state index is 12.7. The Morgan fingerprint density at radius 2 is 1.91 bits per heavy atom. The third-order valence-electron chi connectivity index (χ3n) is 7.03. The molecule has 0 bridgehead atoms. The Morgan fingerprint density at radius 3 is 2.51 bits per heavy atom. The van der Waals surface area contributed by atoms with Gasteiger partial charge >= 0.3 is 0 Å². The summed E-state index contributed by atoms with van der Waals surface area (Å²) in [4.78, 5) is 23.6. The first-order valence-electron chi connectivity index (χ1n) is 12.9. The van der Waals surface area contributed by atoms with Gasteiger partial charge in [-0.05, 0) is 94.1 Å². The molecule has 1 atom stereocenters. The molecule has 0 aromatic carbocycles. The highest BCUT2D eigenvalue weighted by Crippen LogP contribution is 2.51. The predicted molar refractivity (Wildman–Crippen MR) is 146 cm³/mol. The van der Waals surface area contributed by atoms with Crippen LogP contribution in [0.2, 0.25) is 0 Å². The van der Waals surface area contributed by atoms with Gasteiger partial charge in [0.25, 0.3) is 0 Å². The smallest absolute Gasteiger partial charge is 0.238 e. The van der Waals surface area contributed by atoms with Crippen LogP contribution in [0.1, 0.15) is 73.1 Å². The molecule has 1 heterocycles. The van der Waals surface area contributed by atoms with Gasteiger partial charge in [-0.2, -0.15) is 0 Å². The molecule has 1 aliphatic heterocycles. The van der Waals surface area contributed by atoms with E-state index in [0.717, 1.165) is 49.8 Å². The minimum Gasteiger partial charge on any atom is -0.464 e. The van der Waals surface area contributed by atoms with Crippen LogP contribution in [0.5, 0.6) is 0 Å². The van der Waals surface area contributed by atoms with Gasteiger partial charge in [0.15, 0.2) is 0 Å². The normalized spacial score (nSPS) is 28.7. The number of nitrogens with two attached hydrogens (primary N) is 1. The molecule has 192 valence electrons. The van der Waals surface area contributed by atoms with E-state index in [1.807, 2.05) is 34.6 Å². The molecule has 0 amide bonds. The molecular formula is C27H41N4O3P. The summed E-state index contributed by atoms with van der Waals surface area (Å²) in [6, 6.07) is 0. The van der Waals surface area contributed by atoms with E-state index in [-0.39, 0.29) is 0 Å². The van der Waals surface area contributed by atoms with Crippen molar-refractivity contribution in [2.45, 2.75) is 78.7 Å². The zero-order chi connectivity index (χ0) is 25.6. The molecule has 0 aromatic rings. The Hall–Kier alpha value is -2.27. The SMILES string of the molecule is CCCP(=O)(CC1CCC(C2=CCC=C(C3=N/C(=C(/C)N)C(=NCC)OC3(C)C)C=C2)CC1)N=O. The maximum Gasteiger partial charge on any atom is 0.238 e. The van der Waals surface area contributed by atoms with Crippen molar-refractivity contribution in [2.75, 3.05) is 18.9 Å². The van der Waals surface area contributed by atoms with Gasteiger partial charge in [-0.1, -0.05) is 31.2 Å². The summed E-state index contributed by atoms with van der Waals surface area (Å²) in [5, 5.41) is 0. The van der Waals surface area contributed by atoms with Crippen molar-refractivity contribution in [1.82, 2.24) is 0 Å². The van der Waals surface area contributed by atoms with E-state index < -0.39 is 12.9 Å². The fourth-order valence-electron chi connectivity index (χ4n) is 5.27. The molecule has 3 rings (SSSR count). The molecule has 0 radical (unpaired) electrons. The Kier molecular flexibility index (Phi) is 9.09. The van der Waals surface area contributed by atoms with Gasteiger partial charge in [0, 0.05) is 24.6 Å². The molecule has 2 N–H and O–H groups in total. The Morgan fingerprint density at radius 1 is 1.20 bits per heavy atom. The van der Waals surface area contributed by atoms with Gasteiger partial charge < -0.3 is 10.5 Å². The van der Waals surface area contributed by atoms with Crippen LogP contribution in [0.4, 0.5) is 0 Å². The fourth-order valence-corrected chi connectivity index (χ4v) is 7.47. The Labute approximate surface area is 210 Å². The third kappa shape index (κ3) is 6.69. The number of allylic oxidation sites excluding steroid dienone is 6. The van der Waals surface area contributed by atoms with Crippen molar-refractivity contribution in [2.24, 2.45) is 32.5 Å². The minimum absolute atomic E-state index is 0.337. The molecule has 1 unspecified atom stereocenters. The molecule has 1 saturated carbocycles. The van der Waals surface area contributed by atoms with Gasteiger partial charge in [-0.15, -0.1) is 4.91 Å². The van der Waals surface area contributed by atoms with E-state index in [1.165, 1.54) is 5.57 Å². The van der Waals surface area contributed by atoms with E-state index in [2.05, 4.69) is 34.2 Å². The van der Waals surface area contributed by atoms with Crippen LogP contribution < -0.4 is 5.73 Å². The van der Waals surface area contributed by atoms with E-state index >= 15 is 0 Å². The summed E-state index contributed by atoms with van der Waals surface area (Å²) in [6.45, 7) is 10.4. The standard InChI is InChI=1S/C27H41N4O3P/c1-6-17-35(33,31-32)18-20-11-13-22(14-12-20)21-9-8-10-23(16-15-21)25-27(4,5)34-26(29-7-2)24(30-25)19(3)28/h9-10,15-16,20,22H,6-8,11-14,17-18,28H2,1-5H3/b24-19-,29-26?. The topological polar surface area (TPSA) is 106 Å². The van der Waals surface area contributed by atoms with Crippen LogP contribution in [0, 0.1) is 16.7 Å². The minimum atomic E-state index is -2.90. The molecule has 35 heavy (non-hydrogen) atoms. The summed E-state index contributed by atoms with van der Waals surface area (Å²) in [6.07, 6.45) is 15.4. The van der Waals surface area contributed by atoms with Crippen LogP contribution >= 0.6 is 7.29 Å². The molecule has 2 aliphatic carbocycles. The number of aliphatic imine (C=N–C) groups is 2. The third-order valence-corrected chi connectivity index (χ3v) is 9.56. The highest BCUT2D eigenvalue weighted by Gasteiger charge is 2.37. The van der Waals surface area contributed by atoms with Crippen LogP contribution in [-0.2, 0) is 9.30 Å². The summed E-state index contributed by atoms with van der Waals surface area (Å²) in [5.41, 5.74) is 9.94. The van der Waals surface area contributed by atoms with Crippen LogP contribution in [-0.4, -0.2) is 36.1 Å². The molecule has 8 heteroatoms. The lowest BCUT2D eigenvalue weighted by molar-refractivity contribution is 0.163. The first kappa shape index (κ1) is 27.3. The highest BCUT2D eigenvalue weighted by molar-refractivity contribution is 7.62. The number of nitrogens with zero attached hydrogens (tertiary/aromatic N) is 3. The average Bonchev–Trinajstić information content (AvgIpc) is 3.05. The van der Waals surface area contributed by atoms with E-state index in [1.54, 1.807) is 0 Å². The predicted octanol–water partition coefficient (Wildman–Crippen LogP) is 6.92. The summed E-state index contributed by atoms with van der Waals surface area (Å²) in [7, 11) is -2.90. The molecule has 7 nitrogen and oxygen atoms in total. The second-order valence-electron chi connectivity index (χ2n) is 10.4. The summed E-state index contributed by atoms with van der Waals surface area (Å²) >= 11 is 0. The zero-order valence-electron chi connectivity index (χ0n) is 21.9. The Balaban J connectivity index is 1.71. The first-order valence-corrected chi connectivity index (χ1v) is 15.0. The molecular weight excluding hydrogens is 459 g/mol.